The third-order valence-electron chi connectivity index (χ3n) is 3.54. The first-order valence-corrected chi connectivity index (χ1v) is 9.24. The monoisotopic (exact) mass is 339 g/mol. The second kappa shape index (κ2) is 5.73. The van der Waals surface area contributed by atoms with Gasteiger partial charge in [0, 0.05) is 35.6 Å². The third-order valence-corrected chi connectivity index (χ3v) is 4.79. The number of benzene rings is 1. The minimum atomic E-state index is -3.61. The van der Waals surface area contributed by atoms with Crippen LogP contribution in [0.25, 0.3) is 5.69 Å². The molecular formula is C14H14ClN3O3S. The third kappa shape index (κ3) is 3.15. The van der Waals surface area contributed by atoms with E-state index in [0.29, 0.717) is 12.4 Å². The molecule has 0 bridgehead atoms. The van der Waals surface area contributed by atoms with E-state index in [1.807, 2.05) is 30.3 Å². The molecule has 1 aromatic carbocycles. The molecule has 0 N–H and O–H groups in total. The van der Waals surface area contributed by atoms with Crippen LogP contribution < -0.4 is 4.90 Å². The van der Waals surface area contributed by atoms with E-state index in [9.17, 15) is 13.2 Å². The van der Waals surface area contributed by atoms with Gasteiger partial charge in [-0.1, -0.05) is 18.2 Å². The molecule has 1 aromatic heterocycles. The number of nitrogens with zero attached hydrogens (tertiary/aromatic N) is 3. The average Bonchev–Trinajstić information content (AvgIpc) is 3.04. The number of hydrogen-bond acceptors (Lipinski definition) is 4. The summed E-state index contributed by atoms with van der Waals surface area (Å²) >= 11 is 0. The normalized spacial score (nSPS) is 18.9. The van der Waals surface area contributed by atoms with Gasteiger partial charge in [0.2, 0.25) is 15.0 Å². The van der Waals surface area contributed by atoms with E-state index in [1.54, 1.807) is 21.8 Å². The molecule has 2 heterocycles. The van der Waals surface area contributed by atoms with Gasteiger partial charge in [0.15, 0.2) is 0 Å². The maximum Gasteiger partial charge on any atom is 0.232 e. The molecule has 1 amide bonds. The van der Waals surface area contributed by atoms with Gasteiger partial charge in [-0.3, -0.25) is 9.69 Å². The zero-order chi connectivity index (χ0) is 15.7. The second-order valence-corrected chi connectivity index (χ2v) is 8.04. The van der Waals surface area contributed by atoms with Crippen LogP contribution in [0.4, 0.5) is 5.82 Å². The molecule has 0 aliphatic carbocycles. The van der Waals surface area contributed by atoms with Gasteiger partial charge in [0.05, 0.1) is 17.6 Å². The maximum atomic E-state index is 12.2. The maximum absolute atomic E-state index is 12.2. The van der Waals surface area contributed by atoms with Crippen molar-refractivity contribution >= 4 is 31.5 Å². The lowest BCUT2D eigenvalue weighted by Crippen LogP contribution is -2.27. The first-order chi connectivity index (χ1) is 10.4. The van der Waals surface area contributed by atoms with Crippen molar-refractivity contribution in [3.05, 3.63) is 42.6 Å². The van der Waals surface area contributed by atoms with Crippen LogP contribution in [0.3, 0.4) is 0 Å². The predicted octanol–water partition coefficient (Wildman–Crippen LogP) is 1.79. The van der Waals surface area contributed by atoms with Crippen molar-refractivity contribution in [1.82, 2.24) is 9.78 Å². The van der Waals surface area contributed by atoms with Crippen molar-refractivity contribution in [3.63, 3.8) is 0 Å². The number of amides is 1. The molecule has 1 unspecified atom stereocenters. The lowest BCUT2D eigenvalue weighted by Gasteiger charge is -2.18. The van der Waals surface area contributed by atoms with E-state index in [1.165, 1.54) is 0 Å². The molecular weight excluding hydrogens is 326 g/mol. The topological polar surface area (TPSA) is 72.3 Å². The lowest BCUT2D eigenvalue weighted by atomic mass is 10.1. The molecule has 0 radical (unpaired) electrons. The number of carbonyl (C=O) groups excluding carboxylic acids is 1. The van der Waals surface area contributed by atoms with Crippen LogP contribution >= 0.6 is 10.7 Å². The van der Waals surface area contributed by atoms with Gasteiger partial charge < -0.3 is 0 Å². The fraction of sp³-hybridized carbons (Fsp3) is 0.286. The molecule has 1 aliphatic heterocycles. The van der Waals surface area contributed by atoms with Crippen molar-refractivity contribution in [1.29, 1.82) is 0 Å². The Kier molecular flexibility index (Phi) is 3.92. The van der Waals surface area contributed by atoms with E-state index in [0.717, 1.165) is 5.69 Å². The van der Waals surface area contributed by atoms with Crippen molar-refractivity contribution in [3.8, 4) is 5.69 Å². The van der Waals surface area contributed by atoms with E-state index in [-0.39, 0.29) is 24.0 Å². The summed E-state index contributed by atoms with van der Waals surface area (Å²) in [6.45, 7) is 0.323. The Morgan fingerprint density at radius 3 is 2.64 bits per heavy atom. The lowest BCUT2D eigenvalue weighted by molar-refractivity contribution is -0.117. The Bertz CT molecular complexity index is 789. The molecule has 1 atom stereocenters. The molecule has 3 rings (SSSR count). The Morgan fingerprint density at radius 1 is 1.23 bits per heavy atom. The predicted molar refractivity (Wildman–Crippen MR) is 83.7 cm³/mol. The number of aromatic nitrogens is 2. The van der Waals surface area contributed by atoms with E-state index in [4.69, 9.17) is 10.7 Å². The number of halogens is 1. The highest BCUT2D eigenvalue weighted by Crippen LogP contribution is 2.28. The molecule has 1 aliphatic rings. The molecule has 6 nitrogen and oxygen atoms in total. The Labute approximate surface area is 132 Å². The highest BCUT2D eigenvalue weighted by Gasteiger charge is 2.34. The van der Waals surface area contributed by atoms with E-state index in [2.05, 4.69) is 5.10 Å². The van der Waals surface area contributed by atoms with Crippen LogP contribution in [0.15, 0.2) is 42.6 Å². The molecule has 116 valence electrons. The van der Waals surface area contributed by atoms with Crippen molar-refractivity contribution in [2.45, 2.75) is 6.42 Å². The van der Waals surface area contributed by atoms with E-state index < -0.39 is 9.05 Å². The largest absolute Gasteiger partial charge is 0.296 e. The van der Waals surface area contributed by atoms with Crippen molar-refractivity contribution in [2.24, 2.45) is 5.92 Å². The van der Waals surface area contributed by atoms with Crippen molar-refractivity contribution < 1.29 is 13.2 Å². The summed E-state index contributed by atoms with van der Waals surface area (Å²) in [6.07, 6.45) is 1.78. The standard InChI is InChI=1S/C14H14ClN3O3S/c15-22(20,21)10-11-8-14(19)17(9-11)13-6-7-16-18(13)12-4-2-1-3-5-12/h1-7,11H,8-10H2. The van der Waals surface area contributed by atoms with Gasteiger partial charge in [0.1, 0.15) is 5.82 Å². The van der Waals surface area contributed by atoms with Crippen LogP contribution in [-0.4, -0.2) is 36.4 Å². The number of para-hydroxylation sites is 1. The summed E-state index contributed by atoms with van der Waals surface area (Å²) < 4.78 is 24.0. The van der Waals surface area contributed by atoms with Crippen LogP contribution in [0, 0.1) is 5.92 Å². The first kappa shape index (κ1) is 15.1. The van der Waals surface area contributed by atoms with Gasteiger partial charge in [-0.15, -0.1) is 0 Å². The van der Waals surface area contributed by atoms with Gasteiger partial charge in [-0.25, -0.2) is 13.1 Å². The molecule has 8 heteroatoms. The Balaban J connectivity index is 1.87. The minimum absolute atomic E-state index is 0.122. The highest BCUT2D eigenvalue weighted by atomic mass is 35.7. The summed E-state index contributed by atoms with van der Waals surface area (Å²) in [5.74, 6) is 0.0128. The van der Waals surface area contributed by atoms with Crippen LogP contribution in [0.2, 0.25) is 0 Å². The summed E-state index contributed by atoms with van der Waals surface area (Å²) in [5.41, 5.74) is 0.837. The summed E-state index contributed by atoms with van der Waals surface area (Å²) in [7, 11) is 1.67. The molecule has 0 spiro atoms. The van der Waals surface area contributed by atoms with Crippen LogP contribution in [0.1, 0.15) is 6.42 Å². The van der Waals surface area contributed by atoms with E-state index >= 15 is 0 Å². The summed E-state index contributed by atoms with van der Waals surface area (Å²) in [5, 5.41) is 4.24. The summed E-state index contributed by atoms with van der Waals surface area (Å²) in [6, 6.07) is 11.2. The molecule has 22 heavy (non-hydrogen) atoms. The molecule has 0 saturated carbocycles. The van der Waals surface area contributed by atoms with Crippen molar-refractivity contribution in [2.75, 3.05) is 17.2 Å². The first-order valence-electron chi connectivity index (χ1n) is 6.76. The molecule has 1 fully saturated rings. The molecule has 2 aromatic rings. The minimum Gasteiger partial charge on any atom is -0.296 e. The number of anilines is 1. The Hall–Kier alpha value is -1.86. The zero-order valence-corrected chi connectivity index (χ0v) is 13.2. The quantitative estimate of drug-likeness (QED) is 0.796. The number of rotatable bonds is 4. The van der Waals surface area contributed by atoms with Gasteiger partial charge in [0.25, 0.3) is 0 Å². The fourth-order valence-electron chi connectivity index (χ4n) is 2.67. The van der Waals surface area contributed by atoms with Crippen LogP contribution in [-0.2, 0) is 13.8 Å². The van der Waals surface area contributed by atoms with Crippen LogP contribution in [0.5, 0.6) is 0 Å². The average molecular weight is 340 g/mol. The summed E-state index contributed by atoms with van der Waals surface area (Å²) in [4.78, 5) is 13.8. The SMILES string of the molecule is O=C1CC(CS(=O)(=O)Cl)CN1c1ccnn1-c1ccccc1. The zero-order valence-electron chi connectivity index (χ0n) is 11.6. The molecule has 1 saturated heterocycles. The van der Waals surface area contributed by atoms with Gasteiger partial charge in [-0.2, -0.15) is 5.10 Å². The fourth-order valence-corrected chi connectivity index (χ4v) is 3.99. The number of hydrogen-bond donors (Lipinski definition) is 0. The highest BCUT2D eigenvalue weighted by molar-refractivity contribution is 8.13. The second-order valence-electron chi connectivity index (χ2n) is 5.22. The number of carbonyl (C=O) groups is 1. The smallest absolute Gasteiger partial charge is 0.232 e. The Morgan fingerprint density at radius 2 is 1.95 bits per heavy atom. The van der Waals surface area contributed by atoms with Gasteiger partial charge >= 0.3 is 0 Å². The van der Waals surface area contributed by atoms with Gasteiger partial charge in [-0.05, 0) is 12.1 Å².